The third kappa shape index (κ3) is 4.92. The van der Waals surface area contributed by atoms with Crippen molar-refractivity contribution >= 4 is 22.9 Å². The summed E-state index contributed by atoms with van der Waals surface area (Å²) >= 11 is 0. The predicted molar refractivity (Wildman–Crippen MR) is 124 cm³/mol. The summed E-state index contributed by atoms with van der Waals surface area (Å²) in [5, 5.41) is 15.0. The lowest BCUT2D eigenvalue weighted by molar-refractivity contribution is 0.232. The van der Waals surface area contributed by atoms with Crippen molar-refractivity contribution in [2.45, 2.75) is 58.0 Å². The summed E-state index contributed by atoms with van der Waals surface area (Å²) < 4.78 is 7.07. The number of carbonyl (C=O) groups is 1. The number of hydrogen-bond acceptors (Lipinski definition) is 6. The van der Waals surface area contributed by atoms with Crippen LogP contribution in [0.25, 0.3) is 16.7 Å². The minimum atomic E-state index is -0.0673. The van der Waals surface area contributed by atoms with Gasteiger partial charge in [-0.15, -0.1) is 0 Å². The highest BCUT2D eigenvalue weighted by Crippen LogP contribution is 2.27. The van der Waals surface area contributed by atoms with E-state index in [1.165, 1.54) is 0 Å². The lowest BCUT2D eigenvalue weighted by atomic mass is 9.91. The van der Waals surface area contributed by atoms with Crippen LogP contribution >= 0.6 is 0 Å². The number of anilines is 1. The molecular formula is C23H31N7O2. The van der Waals surface area contributed by atoms with Gasteiger partial charge in [0.25, 0.3) is 0 Å². The topological polar surface area (TPSA) is 106 Å². The second-order valence-corrected chi connectivity index (χ2v) is 8.20. The number of methoxy groups -OCH3 is 1. The smallest absolute Gasteiger partial charge is 0.315 e. The summed E-state index contributed by atoms with van der Waals surface area (Å²) in [6.45, 7) is 4.64. The monoisotopic (exact) mass is 437 g/mol. The number of rotatable bonds is 7. The molecule has 170 valence electrons. The van der Waals surface area contributed by atoms with Crippen LogP contribution in [-0.4, -0.2) is 51.5 Å². The van der Waals surface area contributed by atoms with Gasteiger partial charge in [-0.25, -0.2) is 19.4 Å². The van der Waals surface area contributed by atoms with E-state index in [0.29, 0.717) is 18.4 Å². The molecule has 1 aromatic carbocycles. The number of fused-ring (bicyclic) bond motifs is 1. The van der Waals surface area contributed by atoms with Crippen molar-refractivity contribution < 1.29 is 9.53 Å². The molecule has 32 heavy (non-hydrogen) atoms. The van der Waals surface area contributed by atoms with E-state index in [0.717, 1.165) is 60.4 Å². The van der Waals surface area contributed by atoms with Crippen molar-refractivity contribution in [3.63, 3.8) is 0 Å². The van der Waals surface area contributed by atoms with Crippen molar-refractivity contribution in [3.8, 4) is 11.4 Å². The summed E-state index contributed by atoms with van der Waals surface area (Å²) in [6, 6.07) is 8.18. The number of benzene rings is 1. The van der Waals surface area contributed by atoms with E-state index in [1.54, 1.807) is 7.11 Å². The maximum atomic E-state index is 11.9. The predicted octanol–water partition coefficient (Wildman–Crippen LogP) is 3.56. The van der Waals surface area contributed by atoms with Gasteiger partial charge < -0.3 is 20.7 Å². The molecule has 0 aliphatic heterocycles. The summed E-state index contributed by atoms with van der Waals surface area (Å²) in [4.78, 5) is 21.2. The molecule has 3 N–H and O–H groups in total. The number of hydrogen-bond donors (Lipinski definition) is 3. The van der Waals surface area contributed by atoms with Crippen LogP contribution in [0.4, 0.5) is 10.6 Å². The highest BCUT2D eigenvalue weighted by Gasteiger charge is 2.24. The number of aryl methyl sites for hydroxylation is 1. The van der Waals surface area contributed by atoms with Gasteiger partial charge in [0.05, 0.1) is 24.4 Å². The van der Waals surface area contributed by atoms with Gasteiger partial charge in [0.15, 0.2) is 5.65 Å². The second-order valence-electron chi connectivity index (χ2n) is 8.20. The molecule has 2 aromatic heterocycles. The molecular weight excluding hydrogens is 406 g/mol. The van der Waals surface area contributed by atoms with Gasteiger partial charge in [-0.1, -0.05) is 6.92 Å². The molecule has 4 rings (SSSR count). The van der Waals surface area contributed by atoms with Crippen LogP contribution in [0, 0.1) is 6.92 Å². The molecule has 2 heterocycles. The molecule has 0 radical (unpaired) electrons. The normalized spacial score (nSPS) is 18.3. The molecule has 1 aliphatic carbocycles. The number of urea groups is 1. The zero-order valence-corrected chi connectivity index (χ0v) is 18.9. The number of aromatic nitrogens is 4. The van der Waals surface area contributed by atoms with Crippen LogP contribution < -0.4 is 20.7 Å². The molecule has 9 heteroatoms. The average Bonchev–Trinajstić information content (AvgIpc) is 3.23. The molecule has 3 aromatic rings. The van der Waals surface area contributed by atoms with Crippen molar-refractivity contribution in [3.05, 3.63) is 36.3 Å². The third-order valence-corrected chi connectivity index (χ3v) is 5.80. The Balaban J connectivity index is 1.45. The SMILES string of the molecule is CCCNC(=O)NC1CCC(Nc2nc(C)nc3c2cnn3-c2ccc(OC)cc2)CC1. The van der Waals surface area contributed by atoms with E-state index in [4.69, 9.17) is 4.74 Å². The summed E-state index contributed by atoms with van der Waals surface area (Å²) in [5.41, 5.74) is 1.69. The molecule has 9 nitrogen and oxygen atoms in total. The van der Waals surface area contributed by atoms with Gasteiger partial charge in [0.2, 0.25) is 0 Å². The highest BCUT2D eigenvalue weighted by atomic mass is 16.5. The Morgan fingerprint density at radius 2 is 1.84 bits per heavy atom. The molecule has 0 bridgehead atoms. The van der Waals surface area contributed by atoms with Crippen molar-refractivity contribution in [1.82, 2.24) is 30.4 Å². The van der Waals surface area contributed by atoms with Gasteiger partial charge in [0, 0.05) is 18.6 Å². The molecule has 1 fully saturated rings. The number of amides is 2. The Labute approximate surface area is 188 Å². The summed E-state index contributed by atoms with van der Waals surface area (Å²) in [5.74, 6) is 2.30. The highest BCUT2D eigenvalue weighted by molar-refractivity contribution is 5.87. The minimum Gasteiger partial charge on any atom is -0.497 e. The fourth-order valence-corrected chi connectivity index (χ4v) is 4.09. The quantitative estimate of drug-likeness (QED) is 0.522. The first-order chi connectivity index (χ1) is 15.6. The maximum absolute atomic E-state index is 11.9. The molecule has 0 unspecified atom stereocenters. The Kier molecular flexibility index (Phi) is 6.72. The number of nitrogens with one attached hydrogen (secondary N) is 3. The van der Waals surface area contributed by atoms with Gasteiger partial charge in [0.1, 0.15) is 17.4 Å². The maximum Gasteiger partial charge on any atom is 0.315 e. The standard InChI is InChI=1S/C23H31N7O2/c1-4-13-24-23(31)29-17-7-5-16(6-8-17)28-21-20-14-25-30(22(20)27-15(2)26-21)18-9-11-19(32-3)12-10-18/h9-12,14,16-17H,4-8,13H2,1-3H3,(H2,24,29,31)(H,26,27,28). The molecule has 1 aliphatic rings. The fourth-order valence-electron chi connectivity index (χ4n) is 4.09. The van der Waals surface area contributed by atoms with E-state index in [2.05, 4.69) is 31.0 Å². The first-order valence-electron chi connectivity index (χ1n) is 11.2. The van der Waals surface area contributed by atoms with E-state index in [9.17, 15) is 4.79 Å². The molecule has 0 atom stereocenters. The molecule has 0 spiro atoms. The van der Waals surface area contributed by atoms with Crippen molar-refractivity contribution in [2.24, 2.45) is 0 Å². The van der Waals surface area contributed by atoms with E-state index >= 15 is 0 Å². The van der Waals surface area contributed by atoms with Crippen LogP contribution in [0.2, 0.25) is 0 Å². The summed E-state index contributed by atoms with van der Waals surface area (Å²) in [7, 11) is 1.65. The van der Waals surface area contributed by atoms with Gasteiger partial charge in [-0.3, -0.25) is 0 Å². The zero-order chi connectivity index (χ0) is 22.5. The second kappa shape index (κ2) is 9.84. The lowest BCUT2D eigenvalue weighted by Gasteiger charge is -2.30. The Morgan fingerprint density at radius 3 is 2.53 bits per heavy atom. The summed E-state index contributed by atoms with van der Waals surface area (Å²) in [6.07, 6.45) is 6.56. The van der Waals surface area contributed by atoms with Crippen LogP contribution in [0.1, 0.15) is 44.9 Å². The van der Waals surface area contributed by atoms with Gasteiger partial charge >= 0.3 is 6.03 Å². The van der Waals surface area contributed by atoms with Crippen molar-refractivity contribution in [1.29, 1.82) is 0 Å². The Hall–Kier alpha value is -3.36. The van der Waals surface area contributed by atoms with Crippen LogP contribution in [-0.2, 0) is 0 Å². The number of nitrogens with zero attached hydrogens (tertiary/aromatic N) is 4. The molecule has 0 saturated heterocycles. The first kappa shape index (κ1) is 21.9. The van der Waals surface area contributed by atoms with Crippen LogP contribution in [0.3, 0.4) is 0 Å². The number of carbonyl (C=O) groups excluding carboxylic acids is 1. The zero-order valence-electron chi connectivity index (χ0n) is 18.9. The fraction of sp³-hybridized carbons (Fsp3) is 0.478. The Bertz CT molecular complexity index is 1060. The van der Waals surface area contributed by atoms with Gasteiger partial charge in [-0.2, -0.15) is 5.10 Å². The Morgan fingerprint density at radius 1 is 1.12 bits per heavy atom. The molecule has 1 saturated carbocycles. The average molecular weight is 438 g/mol. The van der Waals surface area contributed by atoms with Crippen LogP contribution in [0.15, 0.2) is 30.5 Å². The van der Waals surface area contributed by atoms with Crippen LogP contribution in [0.5, 0.6) is 5.75 Å². The largest absolute Gasteiger partial charge is 0.497 e. The van der Waals surface area contributed by atoms with Gasteiger partial charge in [-0.05, 0) is 63.3 Å². The minimum absolute atomic E-state index is 0.0673. The lowest BCUT2D eigenvalue weighted by Crippen LogP contribution is -2.45. The first-order valence-corrected chi connectivity index (χ1v) is 11.2. The van der Waals surface area contributed by atoms with E-state index in [-0.39, 0.29) is 12.1 Å². The third-order valence-electron chi connectivity index (χ3n) is 5.80. The van der Waals surface area contributed by atoms with Crippen molar-refractivity contribution in [2.75, 3.05) is 19.0 Å². The molecule has 2 amide bonds. The van der Waals surface area contributed by atoms with E-state index in [1.807, 2.05) is 49.0 Å². The number of ether oxygens (including phenoxy) is 1. The van der Waals surface area contributed by atoms with E-state index < -0.39 is 0 Å².